The van der Waals surface area contributed by atoms with Crippen molar-refractivity contribution in [2.75, 3.05) is 6.54 Å². The van der Waals surface area contributed by atoms with Gasteiger partial charge in [0.05, 0.1) is 18.2 Å². The fraction of sp³-hybridized carbons (Fsp3) is 0.333. The van der Waals surface area contributed by atoms with Crippen LogP contribution in [0.1, 0.15) is 42.3 Å². The SMILES string of the molecule is O=C1CN=C2C3=C1CCCC3NC(c1ccccc1)C2c1ccoc1. The van der Waals surface area contributed by atoms with E-state index in [0.29, 0.717) is 0 Å². The first-order chi connectivity index (χ1) is 12.3. The van der Waals surface area contributed by atoms with E-state index >= 15 is 0 Å². The second-order valence-corrected chi connectivity index (χ2v) is 7.05. The number of hydrogen-bond donors (Lipinski definition) is 1. The first-order valence-electron chi connectivity index (χ1n) is 8.97. The van der Waals surface area contributed by atoms with Gasteiger partial charge in [-0.25, -0.2) is 0 Å². The van der Waals surface area contributed by atoms with E-state index in [0.717, 1.165) is 36.1 Å². The van der Waals surface area contributed by atoms with Gasteiger partial charge in [0.2, 0.25) is 0 Å². The lowest BCUT2D eigenvalue weighted by molar-refractivity contribution is -0.114. The zero-order chi connectivity index (χ0) is 16.8. The van der Waals surface area contributed by atoms with Crippen LogP contribution in [0.4, 0.5) is 0 Å². The molecular formula is C21H20N2O2. The Hall–Kier alpha value is -2.46. The van der Waals surface area contributed by atoms with Crippen molar-refractivity contribution in [2.45, 2.75) is 37.3 Å². The minimum atomic E-state index is 0.0774. The molecule has 0 amide bonds. The van der Waals surface area contributed by atoms with Crippen molar-refractivity contribution in [1.82, 2.24) is 5.32 Å². The minimum Gasteiger partial charge on any atom is -0.472 e. The number of aliphatic imine (C=N–C) groups is 1. The van der Waals surface area contributed by atoms with Gasteiger partial charge >= 0.3 is 0 Å². The standard InChI is InChI=1S/C21H20N2O2/c24-17-11-22-21-18(14-9-10-25-12-14)20(13-5-2-1-3-6-13)23-16-8-4-7-15(17)19(16)21/h1-3,5-6,9-10,12,16,18,20,23H,4,7-8,11H2. The molecule has 4 heteroatoms. The molecule has 1 aromatic carbocycles. The third kappa shape index (κ3) is 2.32. The molecule has 3 atom stereocenters. The number of piperidine rings is 1. The van der Waals surface area contributed by atoms with Crippen LogP contribution in [0.3, 0.4) is 0 Å². The predicted octanol–water partition coefficient (Wildman–Crippen LogP) is 3.58. The summed E-state index contributed by atoms with van der Waals surface area (Å²) in [5, 5.41) is 3.83. The first kappa shape index (κ1) is 14.8. The highest BCUT2D eigenvalue weighted by Crippen LogP contribution is 2.44. The molecule has 1 aliphatic carbocycles. The molecule has 2 aliphatic heterocycles. The highest BCUT2D eigenvalue weighted by atomic mass is 16.3. The van der Waals surface area contributed by atoms with Crippen LogP contribution in [-0.2, 0) is 4.79 Å². The Labute approximate surface area is 146 Å². The molecule has 1 saturated heterocycles. The third-order valence-corrected chi connectivity index (χ3v) is 5.67. The molecule has 5 rings (SSSR count). The van der Waals surface area contributed by atoms with Crippen molar-refractivity contribution in [2.24, 2.45) is 4.99 Å². The molecule has 1 fully saturated rings. The number of carbonyl (C=O) groups is 1. The summed E-state index contributed by atoms with van der Waals surface area (Å²) in [4.78, 5) is 17.1. The van der Waals surface area contributed by atoms with Crippen LogP contribution < -0.4 is 5.32 Å². The summed E-state index contributed by atoms with van der Waals surface area (Å²) in [7, 11) is 0. The lowest BCUT2D eigenvalue weighted by atomic mass is 9.70. The van der Waals surface area contributed by atoms with E-state index < -0.39 is 0 Å². The molecule has 1 N–H and O–H groups in total. The Balaban J connectivity index is 1.68. The van der Waals surface area contributed by atoms with Crippen LogP contribution in [0.2, 0.25) is 0 Å². The van der Waals surface area contributed by atoms with Gasteiger partial charge in [0.25, 0.3) is 0 Å². The van der Waals surface area contributed by atoms with Gasteiger partial charge in [-0.3, -0.25) is 9.79 Å². The van der Waals surface area contributed by atoms with Gasteiger partial charge in [-0.05, 0) is 36.5 Å². The summed E-state index contributed by atoms with van der Waals surface area (Å²) in [6, 6.07) is 12.9. The quantitative estimate of drug-likeness (QED) is 0.914. The average Bonchev–Trinajstić information content (AvgIpc) is 3.19. The van der Waals surface area contributed by atoms with Crippen molar-refractivity contribution < 1.29 is 9.21 Å². The molecule has 3 aliphatic rings. The Morgan fingerprint density at radius 2 is 2.00 bits per heavy atom. The topological polar surface area (TPSA) is 54.6 Å². The van der Waals surface area contributed by atoms with E-state index in [4.69, 9.17) is 9.41 Å². The zero-order valence-electron chi connectivity index (χ0n) is 13.9. The molecule has 0 saturated carbocycles. The number of nitrogens with zero attached hydrogens (tertiary/aromatic N) is 1. The Bertz CT molecular complexity index is 865. The molecule has 0 spiro atoms. The fourth-order valence-corrected chi connectivity index (χ4v) is 4.59. The second-order valence-electron chi connectivity index (χ2n) is 7.05. The maximum atomic E-state index is 12.4. The number of nitrogens with one attached hydrogen (secondary N) is 1. The summed E-state index contributed by atoms with van der Waals surface area (Å²) in [5.74, 6) is 0.281. The van der Waals surface area contributed by atoms with Crippen LogP contribution in [-0.4, -0.2) is 24.1 Å². The monoisotopic (exact) mass is 332 g/mol. The zero-order valence-corrected chi connectivity index (χ0v) is 13.9. The van der Waals surface area contributed by atoms with E-state index in [9.17, 15) is 4.79 Å². The molecule has 0 radical (unpaired) electrons. The number of ketones is 1. The number of carbonyl (C=O) groups excluding carboxylic acids is 1. The van der Waals surface area contributed by atoms with E-state index in [1.165, 1.54) is 11.1 Å². The van der Waals surface area contributed by atoms with Gasteiger partial charge in [0.1, 0.15) is 6.54 Å². The van der Waals surface area contributed by atoms with Crippen molar-refractivity contribution in [1.29, 1.82) is 0 Å². The molecule has 25 heavy (non-hydrogen) atoms. The molecule has 126 valence electrons. The summed E-state index contributed by atoms with van der Waals surface area (Å²) in [6.07, 6.45) is 6.54. The highest BCUT2D eigenvalue weighted by Gasteiger charge is 2.44. The van der Waals surface area contributed by atoms with Crippen molar-refractivity contribution in [3.05, 3.63) is 71.2 Å². The van der Waals surface area contributed by atoms with Crippen LogP contribution in [0.25, 0.3) is 0 Å². The lowest BCUT2D eigenvalue weighted by Gasteiger charge is -2.44. The molecule has 3 heterocycles. The van der Waals surface area contributed by atoms with E-state index in [2.05, 4.69) is 29.6 Å². The van der Waals surface area contributed by atoms with Gasteiger partial charge in [-0.15, -0.1) is 0 Å². The maximum Gasteiger partial charge on any atom is 0.180 e. The number of rotatable bonds is 2. The van der Waals surface area contributed by atoms with Crippen LogP contribution in [0.15, 0.2) is 69.5 Å². The molecule has 4 nitrogen and oxygen atoms in total. The van der Waals surface area contributed by atoms with Gasteiger partial charge in [-0.2, -0.15) is 0 Å². The molecule has 3 unspecified atom stereocenters. The Morgan fingerprint density at radius 1 is 1.12 bits per heavy atom. The van der Waals surface area contributed by atoms with E-state index in [-0.39, 0.29) is 30.3 Å². The van der Waals surface area contributed by atoms with Crippen LogP contribution in [0.5, 0.6) is 0 Å². The highest BCUT2D eigenvalue weighted by molar-refractivity contribution is 6.17. The average molecular weight is 332 g/mol. The summed E-state index contributed by atoms with van der Waals surface area (Å²) < 4.78 is 5.38. The first-order valence-corrected chi connectivity index (χ1v) is 8.97. The molecular weight excluding hydrogens is 312 g/mol. The molecule has 1 aromatic heterocycles. The second kappa shape index (κ2) is 5.81. The number of furan rings is 1. The van der Waals surface area contributed by atoms with E-state index in [1.807, 2.05) is 18.4 Å². The number of benzene rings is 1. The Kier molecular flexibility index (Phi) is 3.45. The van der Waals surface area contributed by atoms with Gasteiger partial charge < -0.3 is 9.73 Å². The maximum absolute atomic E-state index is 12.4. The van der Waals surface area contributed by atoms with Gasteiger partial charge in [0, 0.05) is 29.1 Å². The summed E-state index contributed by atoms with van der Waals surface area (Å²) in [6.45, 7) is 0.288. The van der Waals surface area contributed by atoms with Crippen molar-refractivity contribution in [3.8, 4) is 0 Å². The van der Waals surface area contributed by atoms with Gasteiger partial charge in [0.15, 0.2) is 5.78 Å². The lowest BCUT2D eigenvalue weighted by Crippen LogP contribution is -2.51. The third-order valence-electron chi connectivity index (χ3n) is 5.67. The summed E-state index contributed by atoms with van der Waals surface area (Å²) >= 11 is 0. The van der Waals surface area contributed by atoms with E-state index in [1.54, 1.807) is 6.26 Å². The number of dihydropyridines is 1. The predicted molar refractivity (Wildman–Crippen MR) is 95.7 cm³/mol. The number of Topliss-reactive ketones (excluding diaryl/α,β-unsaturated/α-hetero) is 1. The fourth-order valence-electron chi connectivity index (χ4n) is 4.59. The largest absolute Gasteiger partial charge is 0.472 e. The van der Waals surface area contributed by atoms with Crippen molar-refractivity contribution >= 4 is 11.5 Å². The van der Waals surface area contributed by atoms with Crippen LogP contribution >= 0.6 is 0 Å². The van der Waals surface area contributed by atoms with Gasteiger partial charge in [-0.1, -0.05) is 30.3 Å². The Morgan fingerprint density at radius 3 is 2.80 bits per heavy atom. The van der Waals surface area contributed by atoms with Crippen molar-refractivity contribution in [3.63, 3.8) is 0 Å². The normalized spacial score (nSPS) is 28.6. The summed E-state index contributed by atoms with van der Waals surface area (Å²) in [5.41, 5.74) is 5.63. The number of hydrogen-bond acceptors (Lipinski definition) is 4. The van der Waals surface area contributed by atoms with Crippen LogP contribution in [0, 0.1) is 0 Å². The molecule has 0 bridgehead atoms. The smallest absolute Gasteiger partial charge is 0.180 e. The minimum absolute atomic E-state index is 0.0774. The molecule has 2 aromatic rings.